The van der Waals surface area contributed by atoms with Crippen molar-refractivity contribution in [2.75, 3.05) is 4.90 Å². The first-order valence-corrected chi connectivity index (χ1v) is 17.4. The van der Waals surface area contributed by atoms with Crippen LogP contribution in [0.25, 0.3) is 74.3 Å². The van der Waals surface area contributed by atoms with Crippen molar-refractivity contribution in [1.29, 1.82) is 0 Å². The molecule has 0 spiro atoms. The van der Waals surface area contributed by atoms with Gasteiger partial charge in [-0.15, -0.1) is 22.7 Å². The van der Waals surface area contributed by atoms with Gasteiger partial charge in [-0.05, 0) is 47.5 Å². The summed E-state index contributed by atoms with van der Waals surface area (Å²) in [6, 6.07) is 57.0. The number of benzene rings is 7. The lowest BCUT2D eigenvalue weighted by Crippen LogP contribution is -2.11. The predicted molar refractivity (Wildman–Crippen MR) is 202 cm³/mol. The minimum absolute atomic E-state index is 1.07. The van der Waals surface area contributed by atoms with Gasteiger partial charge in [-0.1, -0.05) is 121 Å². The van der Waals surface area contributed by atoms with Gasteiger partial charge in [-0.2, -0.15) is 0 Å². The molecule has 0 atom stereocenters. The molecule has 0 N–H and O–H groups in total. The number of anilines is 3. The van der Waals surface area contributed by atoms with E-state index < -0.39 is 0 Å². The molecule has 1 aliphatic carbocycles. The van der Waals surface area contributed by atoms with Gasteiger partial charge < -0.3 is 4.90 Å². The SMILES string of the molecule is c1ccc(-c2ccc(N(c3ccc4c5c(cccc35)-c3sc(-c5ccccc5)nc3-4)c3cccc4sc5ccccc5c34)cc2)cc1. The van der Waals surface area contributed by atoms with Crippen molar-refractivity contribution in [2.24, 2.45) is 0 Å². The Morgan fingerprint density at radius 2 is 1.11 bits per heavy atom. The molecule has 0 unspecified atom stereocenters. The number of rotatable bonds is 5. The molecule has 0 aliphatic heterocycles. The topological polar surface area (TPSA) is 16.1 Å². The molecule has 0 saturated heterocycles. The van der Waals surface area contributed by atoms with Crippen molar-refractivity contribution >= 4 is 70.7 Å². The third-order valence-corrected chi connectivity index (χ3v) is 11.5. The van der Waals surface area contributed by atoms with Crippen molar-refractivity contribution in [3.8, 4) is 43.4 Å². The lowest BCUT2D eigenvalue weighted by atomic mass is 9.99. The van der Waals surface area contributed by atoms with Gasteiger partial charge in [0.1, 0.15) is 5.01 Å². The first-order chi connectivity index (χ1) is 23.3. The van der Waals surface area contributed by atoms with E-state index in [0.29, 0.717) is 0 Å². The van der Waals surface area contributed by atoms with Crippen LogP contribution in [0.2, 0.25) is 0 Å². The van der Waals surface area contributed by atoms with E-state index in [2.05, 4.69) is 163 Å². The molecule has 0 bridgehead atoms. The molecule has 4 heteroatoms. The maximum Gasteiger partial charge on any atom is 0.124 e. The van der Waals surface area contributed by atoms with E-state index in [0.717, 1.165) is 16.4 Å². The Morgan fingerprint density at radius 1 is 0.426 bits per heavy atom. The van der Waals surface area contributed by atoms with Crippen molar-refractivity contribution in [2.45, 2.75) is 0 Å². The normalized spacial score (nSPS) is 11.8. The average Bonchev–Trinajstić information content (AvgIpc) is 3.83. The van der Waals surface area contributed by atoms with E-state index in [1.165, 1.54) is 75.0 Å². The highest BCUT2D eigenvalue weighted by Crippen LogP contribution is 2.54. The summed E-state index contributed by atoms with van der Waals surface area (Å²) < 4.78 is 2.60. The summed E-state index contributed by atoms with van der Waals surface area (Å²) in [5, 5.41) is 6.16. The summed E-state index contributed by atoms with van der Waals surface area (Å²) in [7, 11) is 0. The summed E-state index contributed by atoms with van der Waals surface area (Å²) in [4.78, 5) is 8.93. The fourth-order valence-corrected chi connectivity index (χ4v) is 9.39. The molecule has 1 aliphatic rings. The van der Waals surface area contributed by atoms with Crippen LogP contribution in [0.1, 0.15) is 0 Å². The number of thiophene rings is 1. The van der Waals surface area contributed by atoms with Crippen LogP contribution in [0.4, 0.5) is 17.1 Å². The van der Waals surface area contributed by atoms with Crippen LogP contribution < -0.4 is 4.90 Å². The van der Waals surface area contributed by atoms with E-state index in [9.17, 15) is 0 Å². The van der Waals surface area contributed by atoms with E-state index in [1.54, 1.807) is 11.3 Å². The third-order valence-electron chi connectivity index (χ3n) is 9.26. The van der Waals surface area contributed by atoms with Gasteiger partial charge in [0.05, 0.1) is 21.9 Å². The van der Waals surface area contributed by atoms with Crippen molar-refractivity contribution in [3.63, 3.8) is 0 Å². The summed E-state index contributed by atoms with van der Waals surface area (Å²) in [6.45, 7) is 0. The third kappa shape index (κ3) is 4.12. The number of aromatic nitrogens is 1. The van der Waals surface area contributed by atoms with Crippen LogP contribution in [0.15, 0.2) is 158 Å². The zero-order valence-corrected chi connectivity index (χ0v) is 26.9. The molecule has 220 valence electrons. The first kappa shape index (κ1) is 26.6. The Kier molecular flexibility index (Phi) is 5.95. The largest absolute Gasteiger partial charge is 0.309 e. The quantitative estimate of drug-likeness (QED) is 0.187. The van der Waals surface area contributed by atoms with E-state index in [-0.39, 0.29) is 0 Å². The van der Waals surface area contributed by atoms with Crippen LogP contribution in [-0.4, -0.2) is 4.98 Å². The molecule has 0 fully saturated rings. The van der Waals surface area contributed by atoms with Crippen LogP contribution >= 0.6 is 22.7 Å². The van der Waals surface area contributed by atoms with Gasteiger partial charge >= 0.3 is 0 Å². The zero-order valence-electron chi connectivity index (χ0n) is 25.2. The fraction of sp³-hybridized carbons (Fsp3) is 0. The monoisotopic (exact) mass is 634 g/mol. The Balaban J connectivity index is 1.20. The summed E-state index contributed by atoms with van der Waals surface area (Å²) >= 11 is 3.65. The molecule has 2 heterocycles. The van der Waals surface area contributed by atoms with E-state index in [4.69, 9.17) is 4.98 Å². The van der Waals surface area contributed by atoms with Gasteiger partial charge in [-0.3, -0.25) is 0 Å². The van der Waals surface area contributed by atoms with Gasteiger partial charge in [-0.25, -0.2) is 4.98 Å². The average molecular weight is 635 g/mol. The van der Waals surface area contributed by atoms with Crippen molar-refractivity contribution in [1.82, 2.24) is 4.98 Å². The van der Waals surface area contributed by atoms with Crippen LogP contribution in [0.5, 0.6) is 0 Å². The molecule has 10 rings (SSSR count). The molecular weight excluding hydrogens is 609 g/mol. The van der Waals surface area contributed by atoms with Crippen LogP contribution in [-0.2, 0) is 0 Å². The second kappa shape index (κ2) is 10.5. The Labute approximate surface area is 280 Å². The minimum Gasteiger partial charge on any atom is -0.309 e. The molecule has 0 radical (unpaired) electrons. The molecule has 0 saturated carbocycles. The van der Waals surface area contributed by atoms with Crippen LogP contribution in [0.3, 0.4) is 0 Å². The molecular formula is C43H26N2S2. The number of nitrogens with zero attached hydrogens (tertiary/aromatic N) is 2. The highest BCUT2D eigenvalue weighted by atomic mass is 32.1. The number of hydrogen-bond donors (Lipinski definition) is 0. The second-order valence-corrected chi connectivity index (χ2v) is 14.0. The Bertz CT molecular complexity index is 2590. The van der Waals surface area contributed by atoms with Gasteiger partial charge in [0, 0.05) is 53.3 Å². The molecule has 9 aromatic rings. The second-order valence-electron chi connectivity index (χ2n) is 11.9. The first-order valence-electron chi connectivity index (χ1n) is 15.8. The highest BCUT2D eigenvalue weighted by Gasteiger charge is 2.29. The van der Waals surface area contributed by atoms with Crippen LogP contribution in [0, 0.1) is 0 Å². The Morgan fingerprint density at radius 3 is 1.94 bits per heavy atom. The number of thiazole rings is 1. The summed E-state index contributed by atoms with van der Waals surface area (Å²) in [5.74, 6) is 0. The maximum absolute atomic E-state index is 5.20. The maximum atomic E-state index is 5.20. The number of fused-ring (bicyclic) bond motifs is 6. The van der Waals surface area contributed by atoms with E-state index >= 15 is 0 Å². The molecule has 2 nitrogen and oxygen atoms in total. The zero-order chi connectivity index (χ0) is 30.9. The lowest BCUT2D eigenvalue weighted by Gasteiger charge is -2.28. The molecule has 2 aromatic heterocycles. The highest BCUT2D eigenvalue weighted by molar-refractivity contribution is 7.26. The molecule has 0 amide bonds. The minimum atomic E-state index is 1.07. The van der Waals surface area contributed by atoms with E-state index in [1.807, 2.05) is 11.3 Å². The van der Waals surface area contributed by atoms with Crippen molar-refractivity contribution in [3.05, 3.63) is 158 Å². The standard InChI is InChI=1S/C43H26N2S2/c1-3-11-27(12-4-1)28-21-23-30(24-22-28)45(36-18-10-20-38-40(36)32-15-7-8-19-37(32)46-38)35-26-25-33-39-31(35)16-9-17-34(39)42-41(33)44-43(47-42)29-13-5-2-6-14-29/h1-26H. The van der Waals surface area contributed by atoms with Gasteiger partial charge in [0.2, 0.25) is 0 Å². The fourth-order valence-electron chi connectivity index (χ4n) is 7.15. The summed E-state index contributed by atoms with van der Waals surface area (Å²) in [6.07, 6.45) is 0. The lowest BCUT2D eigenvalue weighted by molar-refractivity contribution is 1.31. The molecule has 7 aromatic carbocycles. The molecule has 47 heavy (non-hydrogen) atoms. The summed E-state index contributed by atoms with van der Waals surface area (Å²) in [5.41, 5.74) is 10.7. The number of hydrogen-bond acceptors (Lipinski definition) is 4. The van der Waals surface area contributed by atoms with Crippen molar-refractivity contribution < 1.29 is 0 Å². The van der Waals surface area contributed by atoms with Gasteiger partial charge in [0.25, 0.3) is 0 Å². The smallest absolute Gasteiger partial charge is 0.124 e. The van der Waals surface area contributed by atoms with Gasteiger partial charge in [0.15, 0.2) is 0 Å². The predicted octanol–water partition coefficient (Wildman–Crippen LogP) is 13.1. The Hall–Kier alpha value is -5.55.